The maximum absolute atomic E-state index is 14.6. The molecule has 2 fully saturated rings. The Hall–Kier alpha value is -3.69. The summed E-state index contributed by atoms with van der Waals surface area (Å²) in [5.41, 5.74) is 2.77. The predicted octanol–water partition coefficient (Wildman–Crippen LogP) is 3.08. The number of hydrogen-bond acceptors (Lipinski definition) is 10. The molecule has 42 heavy (non-hydrogen) atoms. The van der Waals surface area contributed by atoms with Crippen LogP contribution >= 0.6 is 0 Å². The number of piperazine rings is 1. The second kappa shape index (κ2) is 12.7. The second-order valence-electron chi connectivity index (χ2n) is 10.7. The van der Waals surface area contributed by atoms with Crippen molar-refractivity contribution in [2.45, 2.75) is 25.4 Å². The maximum Gasteiger partial charge on any atom is 0.229 e. The molecule has 4 aromatic rings. The Morgan fingerprint density at radius 1 is 1.07 bits per heavy atom. The molecule has 1 atom stereocenters. The van der Waals surface area contributed by atoms with Gasteiger partial charge in [-0.25, -0.2) is 14.1 Å². The number of benzene rings is 2. The molecule has 0 aliphatic carbocycles. The average molecular weight is 594 g/mol. The van der Waals surface area contributed by atoms with Gasteiger partial charge in [-0.3, -0.25) is 14.2 Å². The number of nitrogens with one attached hydrogen (secondary N) is 4. The summed E-state index contributed by atoms with van der Waals surface area (Å²) in [7, 11) is 2.19. The van der Waals surface area contributed by atoms with Crippen molar-refractivity contribution in [2.24, 2.45) is 0 Å². The molecule has 14 heteroatoms. The smallest absolute Gasteiger partial charge is 0.229 e. The summed E-state index contributed by atoms with van der Waals surface area (Å²) >= 11 is -2.42. The summed E-state index contributed by atoms with van der Waals surface area (Å²) < 4.78 is 38.8. The molecule has 2 aromatic heterocycles. The van der Waals surface area contributed by atoms with Gasteiger partial charge in [-0.05, 0) is 49.7 Å². The molecule has 2 aliphatic heterocycles. The Balaban J connectivity index is 1.12. The predicted molar refractivity (Wildman–Crippen MR) is 161 cm³/mol. The highest BCUT2D eigenvalue weighted by Gasteiger charge is 2.28. The van der Waals surface area contributed by atoms with E-state index in [0.717, 1.165) is 80.7 Å². The first-order valence-electron chi connectivity index (χ1n) is 14.1. The van der Waals surface area contributed by atoms with Crippen LogP contribution in [-0.2, 0) is 17.8 Å². The number of aromatic amines is 1. The van der Waals surface area contributed by atoms with Gasteiger partial charge in [-0.1, -0.05) is 18.2 Å². The zero-order chi connectivity index (χ0) is 29.1. The van der Waals surface area contributed by atoms with Gasteiger partial charge >= 0.3 is 0 Å². The van der Waals surface area contributed by atoms with Gasteiger partial charge in [-0.15, -0.1) is 0 Å². The number of anilines is 5. The Labute approximate surface area is 246 Å². The standard InChI is InChI=1S/C28H35FN10O2S/c1-37-12-14-38(15-13-37)21-8-10-39(11-9-21)27-22-7-6-20(16-25(22)35-36-27)32-28-30-18-23(29)26(34-28)33-24-5-3-2-4-19(24)17-31-42(40)41/h2-7,16,18,21,31H,8-15,17H2,1H3,(H,35,36)(H,40,41)(H2,30,32,33,34)/p-1. The molecule has 0 bridgehead atoms. The number of hydrogen-bond donors (Lipinski definition) is 4. The van der Waals surface area contributed by atoms with Crippen LogP contribution in [0.5, 0.6) is 0 Å². The molecule has 6 rings (SSSR count). The van der Waals surface area contributed by atoms with Gasteiger partial charge in [0.15, 0.2) is 17.5 Å². The molecule has 4 N–H and O–H groups in total. The van der Waals surface area contributed by atoms with Crippen LogP contribution in [0, 0.1) is 5.82 Å². The summed E-state index contributed by atoms with van der Waals surface area (Å²) in [4.78, 5) is 15.8. The number of H-pyrrole nitrogens is 1. The summed E-state index contributed by atoms with van der Waals surface area (Å²) in [6, 6.07) is 13.5. The van der Waals surface area contributed by atoms with Gasteiger partial charge in [0.1, 0.15) is 0 Å². The van der Waals surface area contributed by atoms with Crippen LogP contribution in [0.15, 0.2) is 48.7 Å². The Morgan fingerprint density at radius 2 is 1.86 bits per heavy atom. The molecule has 0 saturated carbocycles. The SMILES string of the molecule is CN1CCN(C2CCN(c3n[nH]c4cc(Nc5ncc(F)c(Nc6ccccc6CNS(=O)[O-])n5)ccc34)CC2)CC1. The first-order chi connectivity index (χ1) is 20.4. The molecule has 2 saturated heterocycles. The summed E-state index contributed by atoms with van der Waals surface area (Å²) in [6.45, 7) is 6.58. The van der Waals surface area contributed by atoms with E-state index >= 15 is 0 Å². The van der Waals surface area contributed by atoms with E-state index in [0.29, 0.717) is 17.3 Å². The molecule has 1 unspecified atom stereocenters. The van der Waals surface area contributed by atoms with Crippen molar-refractivity contribution in [3.05, 3.63) is 60.0 Å². The fourth-order valence-electron chi connectivity index (χ4n) is 5.66. The summed E-state index contributed by atoms with van der Waals surface area (Å²) in [6.07, 6.45) is 3.36. The topological polar surface area (TPSA) is 140 Å². The molecule has 2 aromatic carbocycles. The minimum atomic E-state index is -2.42. The molecule has 222 valence electrons. The Kier molecular flexibility index (Phi) is 8.58. The lowest BCUT2D eigenvalue weighted by molar-refractivity contribution is 0.0981. The van der Waals surface area contributed by atoms with Crippen molar-refractivity contribution in [2.75, 3.05) is 61.8 Å². The number of para-hydroxylation sites is 1. The quantitative estimate of drug-likeness (QED) is 0.214. The van der Waals surface area contributed by atoms with Crippen LogP contribution < -0.4 is 20.3 Å². The normalized spacial score (nSPS) is 17.9. The van der Waals surface area contributed by atoms with Crippen molar-refractivity contribution in [3.8, 4) is 0 Å². The van der Waals surface area contributed by atoms with Gasteiger partial charge in [0.05, 0.1) is 11.7 Å². The minimum absolute atomic E-state index is 0.0342. The van der Waals surface area contributed by atoms with E-state index in [2.05, 4.69) is 57.3 Å². The monoisotopic (exact) mass is 593 g/mol. The molecular formula is C28H34FN10O2S-. The van der Waals surface area contributed by atoms with Crippen molar-refractivity contribution >= 4 is 51.1 Å². The van der Waals surface area contributed by atoms with E-state index in [9.17, 15) is 13.2 Å². The number of rotatable bonds is 9. The highest BCUT2D eigenvalue weighted by Crippen LogP contribution is 2.30. The van der Waals surface area contributed by atoms with E-state index in [1.54, 1.807) is 24.3 Å². The van der Waals surface area contributed by atoms with Gasteiger partial charge in [-0.2, -0.15) is 10.1 Å². The van der Waals surface area contributed by atoms with E-state index in [-0.39, 0.29) is 18.3 Å². The number of aromatic nitrogens is 4. The van der Waals surface area contributed by atoms with Crippen LogP contribution in [0.25, 0.3) is 10.9 Å². The lowest BCUT2D eigenvalue weighted by Crippen LogP contribution is -2.52. The van der Waals surface area contributed by atoms with Crippen LogP contribution in [0.1, 0.15) is 18.4 Å². The van der Waals surface area contributed by atoms with Crippen LogP contribution in [0.2, 0.25) is 0 Å². The average Bonchev–Trinajstić information content (AvgIpc) is 3.42. The van der Waals surface area contributed by atoms with Crippen LogP contribution in [-0.4, -0.2) is 91.1 Å². The van der Waals surface area contributed by atoms with Crippen LogP contribution in [0.4, 0.5) is 33.3 Å². The van der Waals surface area contributed by atoms with Gasteiger partial charge in [0.2, 0.25) is 5.95 Å². The van der Waals surface area contributed by atoms with Crippen molar-refractivity contribution < 1.29 is 13.2 Å². The van der Waals surface area contributed by atoms with Gasteiger partial charge < -0.3 is 25.0 Å². The van der Waals surface area contributed by atoms with Crippen molar-refractivity contribution in [1.82, 2.24) is 34.7 Å². The number of likely N-dealkylation sites (N-methyl/N-ethyl adjacent to an activating group) is 1. The van der Waals surface area contributed by atoms with Crippen molar-refractivity contribution in [3.63, 3.8) is 0 Å². The lowest BCUT2D eigenvalue weighted by atomic mass is 10.0. The van der Waals surface area contributed by atoms with Crippen LogP contribution in [0.3, 0.4) is 0 Å². The molecular weight excluding hydrogens is 559 g/mol. The largest absolute Gasteiger partial charge is 0.760 e. The summed E-state index contributed by atoms with van der Waals surface area (Å²) in [5.74, 6) is 0.501. The number of nitrogens with zero attached hydrogens (tertiary/aromatic N) is 6. The zero-order valence-corrected chi connectivity index (χ0v) is 24.2. The first-order valence-corrected chi connectivity index (χ1v) is 15.1. The molecule has 12 nitrogen and oxygen atoms in total. The maximum atomic E-state index is 14.6. The first kappa shape index (κ1) is 28.4. The number of fused-ring (bicyclic) bond motifs is 1. The fraction of sp³-hybridized carbons (Fsp3) is 0.393. The number of piperidine rings is 1. The Bertz CT molecular complexity index is 1550. The zero-order valence-electron chi connectivity index (χ0n) is 23.3. The third-order valence-corrected chi connectivity index (χ3v) is 8.39. The third kappa shape index (κ3) is 6.52. The van der Waals surface area contributed by atoms with E-state index in [4.69, 9.17) is 0 Å². The molecule has 0 amide bonds. The van der Waals surface area contributed by atoms with E-state index in [1.807, 2.05) is 18.2 Å². The molecule has 0 spiro atoms. The number of halogens is 1. The van der Waals surface area contributed by atoms with E-state index in [1.165, 1.54) is 0 Å². The molecule has 2 aliphatic rings. The summed E-state index contributed by atoms with van der Waals surface area (Å²) in [5, 5.41) is 14.9. The Morgan fingerprint density at radius 3 is 2.64 bits per heavy atom. The molecule has 0 radical (unpaired) electrons. The highest BCUT2D eigenvalue weighted by atomic mass is 32.2. The molecule has 4 heterocycles. The van der Waals surface area contributed by atoms with Gasteiger partial charge in [0, 0.05) is 79.9 Å². The highest BCUT2D eigenvalue weighted by molar-refractivity contribution is 7.77. The second-order valence-corrected chi connectivity index (χ2v) is 11.5. The van der Waals surface area contributed by atoms with E-state index < -0.39 is 17.1 Å². The third-order valence-electron chi connectivity index (χ3n) is 8.01. The van der Waals surface area contributed by atoms with Gasteiger partial charge in [0.25, 0.3) is 0 Å². The lowest BCUT2D eigenvalue weighted by Gasteiger charge is -2.42. The fourth-order valence-corrected chi connectivity index (χ4v) is 5.93. The minimum Gasteiger partial charge on any atom is -0.760 e. The van der Waals surface area contributed by atoms with Crippen molar-refractivity contribution in [1.29, 1.82) is 0 Å².